The van der Waals surface area contributed by atoms with Crippen LogP contribution in [-0.4, -0.2) is 96.9 Å². The molecule has 0 bridgehead atoms. The van der Waals surface area contributed by atoms with Gasteiger partial charge in [0.05, 0.1) is 18.7 Å². The van der Waals surface area contributed by atoms with Crippen LogP contribution in [0.5, 0.6) is 0 Å². The molecule has 1 amide bonds. The van der Waals surface area contributed by atoms with Gasteiger partial charge in [0, 0.05) is 38.4 Å². The molecular weight excluding hydrogens is 605 g/mol. The number of morpholine rings is 1. The van der Waals surface area contributed by atoms with E-state index in [2.05, 4.69) is 4.74 Å². The molecule has 3 heterocycles. The van der Waals surface area contributed by atoms with E-state index in [4.69, 9.17) is 4.74 Å². The highest BCUT2D eigenvalue weighted by molar-refractivity contribution is 5.78. The Morgan fingerprint density at radius 2 is 1.53 bits per heavy atom. The molecule has 1 atom stereocenters. The predicted octanol–water partition coefficient (Wildman–Crippen LogP) is 5.30. The third-order valence-electron chi connectivity index (χ3n) is 8.22. The smallest absolute Gasteiger partial charge is 0.434 e. The molecule has 0 aliphatic carbocycles. The molecule has 1 unspecified atom stereocenters. The van der Waals surface area contributed by atoms with Crippen molar-refractivity contribution < 1.29 is 63.7 Å². The Morgan fingerprint density at radius 3 is 2.09 bits per heavy atom. The van der Waals surface area contributed by atoms with Crippen molar-refractivity contribution in [1.82, 2.24) is 9.80 Å². The molecule has 17 heteroatoms. The van der Waals surface area contributed by atoms with E-state index in [1.807, 2.05) is 4.90 Å². The number of carboxylic acids is 1. The zero-order valence-electron chi connectivity index (χ0n) is 22.9. The number of piperidine rings is 1. The SMILES string of the molecule is CC1(C(=O)O)CN(c2cc(CN3CCC4(CCN(C(=O)OC(C(F)(F)F)C(F)(F)F)CC4)C3)cc(C(F)(F)F)c2)CCO1. The number of halogens is 9. The van der Waals surface area contributed by atoms with Crippen molar-refractivity contribution in [1.29, 1.82) is 0 Å². The van der Waals surface area contributed by atoms with Gasteiger partial charge >= 0.3 is 30.6 Å². The molecule has 1 spiro atoms. The average Bonchev–Trinajstić information content (AvgIpc) is 3.27. The van der Waals surface area contributed by atoms with Crippen LogP contribution in [0.15, 0.2) is 18.2 Å². The number of carboxylic acid groups (broad SMARTS) is 1. The largest absolute Gasteiger partial charge is 0.479 e. The number of carbonyl (C=O) groups excluding carboxylic acids is 1. The average molecular weight is 636 g/mol. The number of hydrogen-bond donors (Lipinski definition) is 1. The lowest BCUT2D eigenvalue weighted by atomic mass is 9.78. The van der Waals surface area contributed by atoms with E-state index < -0.39 is 53.3 Å². The van der Waals surface area contributed by atoms with Crippen LogP contribution in [-0.2, 0) is 27.0 Å². The number of rotatable bonds is 5. The fraction of sp³-hybridized carbons (Fsp3) is 0.692. The number of nitrogens with zero attached hydrogens (tertiary/aromatic N) is 3. The first-order chi connectivity index (χ1) is 19.7. The summed E-state index contributed by atoms with van der Waals surface area (Å²) in [6.07, 6.45) is -21.2. The van der Waals surface area contributed by atoms with Gasteiger partial charge in [0.15, 0.2) is 5.60 Å². The van der Waals surface area contributed by atoms with E-state index in [0.29, 0.717) is 25.1 Å². The van der Waals surface area contributed by atoms with Crippen molar-refractivity contribution in [2.75, 3.05) is 50.8 Å². The van der Waals surface area contributed by atoms with Gasteiger partial charge in [0.25, 0.3) is 6.10 Å². The second-order valence-corrected chi connectivity index (χ2v) is 11.5. The lowest BCUT2D eigenvalue weighted by Gasteiger charge is -2.39. The van der Waals surface area contributed by atoms with Crippen LogP contribution in [0.3, 0.4) is 0 Å². The fourth-order valence-corrected chi connectivity index (χ4v) is 5.82. The summed E-state index contributed by atoms with van der Waals surface area (Å²) in [5.41, 5.74) is -2.41. The molecule has 1 N–H and O–H groups in total. The first kappa shape index (κ1) is 33.0. The van der Waals surface area contributed by atoms with E-state index in [-0.39, 0.29) is 57.9 Å². The van der Waals surface area contributed by atoms with E-state index in [1.54, 1.807) is 6.07 Å². The minimum Gasteiger partial charge on any atom is -0.479 e. The maximum absolute atomic E-state index is 13.8. The summed E-state index contributed by atoms with van der Waals surface area (Å²) in [6, 6.07) is 3.53. The molecule has 1 aromatic carbocycles. The number of aliphatic carboxylic acids is 1. The number of benzene rings is 1. The third-order valence-corrected chi connectivity index (χ3v) is 8.22. The highest BCUT2D eigenvalue weighted by Gasteiger charge is 2.60. The Hall–Kier alpha value is -2.95. The maximum Gasteiger partial charge on any atom is 0.434 e. The molecule has 3 aliphatic heterocycles. The van der Waals surface area contributed by atoms with Crippen LogP contribution in [0.4, 0.5) is 50.0 Å². The van der Waals surface area contributed by atoms with E-state index in [1.165, 1.54) is 11.8 Å². The third kappa shape index (κ3) is 7.59. The van der Waals surface area contributed by atoms with Crippen molar-refractivity contribution in [3.05, 3.63) is 29.3 Å². The minimum atomic E-state index is -5.82. The number of likely N-dealkylation sites (tertiary alicyclic amines) is 2. The van der Waals surface area contributed by atoms with Crippen LogP contribution in [0.1, 0.15) is 37.3 Å². The van der Waals surface area contributed by atoms with Crippen LogP contribution < -0.4 is 4.90 Å². The number of ether oxygens (including phenoxy) is 2. The Morgan fingerprint density at radius 1 is 0.930 bits per heavy atom. The molecule has 4 rings (SSSR count). The van der Waals surface area contributed by atoms with Crippen molar-refractivity contribution in [2.45, 2.75) is 63.0 Å². The summed E-state index contributed by atoms with van der Waals surface area (Å²) in [7, 11) is 0. The Labute approximate surface area is 240 Å². The fourth-order valence-electron chi connectivity index (χ4n) is 5.82. The number of carbonyl (C=O) groups is 2. The van der Waals surface area contributed by atoms with Crippen LogP contribution in [0.2, 0.25) is 0 Å². The topological polar surface area (TPSA) is 82.6 Å². The first-order valence-electron chi connectivity index (χ1n) is 13.4. The summed E-state index contributed by atoms with van der Waals surface area (Å²) >= 11 is 0. The summed E-state index contributed by atoms with van der Waals surface area (Å²) in [5, 5.41) is 9.50. The van der Waals surface area contributed by atoms with Crippen LogP contribution in [0, 0.1) is 5.41 Å². The predicted molar refractivity (Wildman–Crippen MR) is 131 cm³/mol. The van der Waals surface area contributed by atoms with Crippen molar-refractivity contribution in [2.24, 2.45) is 5.41 Å². The van der Waals surface area contributed by atoms with Crippen molar-refractivity contribution in [3.8, 4) is 0 Å². The van der Waals surface area contributed by atoms with Crippen molar-refractivity contribution >= 4 is 17.7 Å². The quantitative estimate of drug-likeness (QED) is 0.440. The van der Waals surface area contributed by atoms with Crippen molar-refractivity contribution in [3.63, 3.8) is 0 Å². The van der Waals surface area contributed by atoms with E-state index >= 15 is 0 Å². The molecule has 3 aliphatic rings. The molecule has 1 aromatic rings. The summed E-state index contributed by atoms with van der Waals surface area (Å²) in [6.45, 7) is 2.06. The van der Waals surface area contributed by atoms with Gasteiger partial charge in [-0.25, -0.2) is 9.59 Å². The molecule has 0 saturated carbocycles. The molecule has 0 aromatic heterocycles. The van der Waals surface area contributed by atoms with Gasteiger partial charge in [-0.3, -0.25) is 4.90 Å². The summed E-state index contributed by atoms with van der Waals surface area (Å²) in [4.78, 5) is 28.0. The lowest BCUT2D eigenvalue weighted by Crippen LogP contribution is -2.54. The van der Waals surface area contributed by atoms with Crippen LogP contribution in [0.25, 0.3) is 0 Å². The minimum absolute atomic E-state index is 0.000646. The Balaban J connectivity index is 1.41. The lowest BCUT2D eigenvalue weighted by molar-refractivity contribution is -0.308. The van der Waals surface area contributed by atoms with Gasteiger partial charge in [0.2, 0.25) is 0 Å². The second kappa shape index (κ2) is 11.5. The van der Waals surface area contributed by atoms with Gasteiger partial charge in [-0.05, 0) is 61.9 Å². The standard InChI is InChI=1S/C26H30F9N3O5/c1-22(20(39)40)14-38(8-9-42-22)18-11-16(10-17(12-18)24(27,28)29)13-36-5-2-23(15-36)3-6-37(7-4-23)21(41)43-19(25(30,31)32)26(33,34)35/h10-12,19H,2-9,13-15H2,1H3,(H,39,40). The summed E-state index contributed by atoms with van der Waals surface area (Å²) in [5.74, 6) is -1.24. The van der Waals surface area contributed by atoms with Gasteiger partial charge < -0.3 is 24.4 Å². The number of amides is 1. The molecule has 242 valence electrons. The van der Waals surface area contributed by atoms with E-state index in [0.717, 1.165) is 17.0 Å². The molecule has 8 nitrogen and oxygen atoms in total. The molecule has 3 saturated heterocycles. The highest BCUT2D eigenvalue weighted by Crippen LogP contribution is 2.42. The number of anilines is 1. The molecular formula is C26H30F9N3O5. The summed E-state index contributed by atoms with van der Waals surface area (Å²) < 4.78 is 127. The number of hydrogen-bond acceptors (Lipinski definition) is 6. The zero-order valence-corrected chi connectivity index (χ0v) is 22.9. The van der Waals surface area contributed by atoms with Gasteiger partial charge in [-0.1, -0.05) is 0 Å². The number of alkyl halides is 9. The van der Waals surface area contributed by atoms with Gasteiger partial charge in [-0.2, -0.15) is 39.5 Å². The molecule has 0 radical (unpaired) electrons. The highest BCUT2D eigenvalue weighted by atomic mass is 19.4. The monoisotopic (exact) mass is 635 g/mol. The normalized spacial score (nSPS) is 23.7. The Bertz CT molecular complexity index is 1180. The van der Waals surface area contributed by atoms with Gasteiger partial charge in [0.1, 0.15) is 0 Å². The van der Waals surface area contributed by atoms with Crippen LogP contribution >= 0.6 is 0 Å². The zero-order chi connectivity index (χ0) is 32.0. The molecule has 43 heavy (non-hydrogen) atoms. The molecule has 3 fully saturated rings. The van der Waals surface area contributed by atoms with Gasteiger partial charge in [-0.15, -0.1) is 0 Å². The maximum atomic E-state index is 13.8. The first-order valence-corrected chi connectivity index (χ1v) is 13.4. The second-order valence-electron chi connectivity index (χ2n) is 11.5. The Kier molecular flexibility index (Phi) is 8.83. The van der Waals surface area contributed by atoms with E-state index in [9.17, 15) is 54.2 Å².